The Labute approximate surface area is 241 Å². The van der Waals surface area contributed by atoms with E-state index in [1.807, 2.05) is 0 Å². The van der Waals surface area contributed by atoms with Crippen molar-refractivity contribution in [1.82, 2.24) is 4.90 Å². The molecule has 3 aliphatic carbocycles. The van der Waals surface area contributed by atoms with Crippen molar-refractivity contribution >= 4 is 41.1 Å². The molecular formula is C29H33N5O8. The Morgan fingerprint density at radius 3 is 2.29 bits per heavy atom. The summed E-state index contributed by atoms with van der Waals surface area (Å²) in [6, 6.07) is 2.80. The fraction of sp³-hybridized carbons (Fsp3) is 0.483. The summed E-state index contributed by atoms with van der Waals surface area (Å²) in [7, 11) is 2.84. The van der Waals surface area contributed by atoms with Crippen LogP contribution in [0.25, 0.3) is 6.08 Å². The van der Waals surface area contributed by atoms with Gasteiger partial charge >= 0.3 is 5.97 Å². The van der Waals surface area contributed by atoms with Crippen molar-refractivity contribution in [2.45, 2.75) is 56.3 Å². The first-order valence-electron chi connectivity index (χ1n) is 13.1. The molecule has 0 saturated heterocycles. The van der Waals surface area contributed by atoms with E-state index in [1.54, 1.807) is 26.8 Å². The van der Waals surface area contributed by atoms with Crippen molar-refractivity contribution in [2.75, 3.05) is 14.1 Å². The molecule has 222 valence electrons. The number of fused-ring (bicyclic) bond motifs is 3. The largest absolute Gasteiger partial charge is 0.507 e. The molecule has 7 N–H and O–H groups in total. The summed E-state index contributed by atoms with van der Waals surface area (Å²) in [5.74, 6) is -11.1. The minimum Gasteiger partial charge on any atom is -0.507 e. The number of ketones is 4. The monoisotopic (exact) mass is 579 g/mol. The fourth-order valence-corrected chi connectivity index (χ4v) is 6.88. The van der Waals surface area contributed by atoms with Gasteiger partial charge in [-0.05, 0) is 71.0 Å². The number of esters is 1. The van der Waals surface area contributed by atoms with Crippen LogP contribution in [-0.2, 0) is 35.1 Å². The molecule has 0 aromatic heterocycles. The van der Waals surface area contributed by atoms with Gasteiger partial charge in [0, 0.05) is 11.6 Å². The van der Waals surface area contributed by atoms with Gasteiger partial charge < -0.3 is 27.0 Å². The lowest BCUT2D eigenvalue weighted by Gasteiger charge is -2.60. The van der Waals surface area contributed by atoms with Gasteiger partial charge in [0.25, 0.3) is 0 Å². The number of hydrogen-bond donors (Lipinski definition) is 4. The van der Waals surface area contributed by atoms with Gasteiger partial charge in [0.2, 0.25) is 5.91 Å². The molecule has 13 nitrogen and oxygen atoms in total. The minimum atomic E-state index is -2.82. The Morgan fingerprint density at radius 2 is 1.76 bits per heavy atom. The fourth-order valence-electron chi connectivity index (χ4n) is 6.88. The van der Waals surface area contributed by atoms with Gasteiger partial charge in [-0.3, -0.25) is 28.9 Å². The van der Waals surface area contributed by atoms with Crippen LogP contribution < -0.4 is 17.2 Å². The third-order valence-corrected chi connectivity index (χ3v) is 8.32. The Hall–Kier alpha value is -4.25. The first kappa shape index (κ1) is 30.7. The molecule has 3 aliphatic rings. The molecule has 0 spiro atoms. The summed E-state index contributed by atoms with van der Waals surface area (Å²) in [4.78, 5) is 81.4. The molecule has 1 aromatic carbocycles. The van der Waals surface area contributed by atoms with Gasteiger partial charge in [-0.1, -0.05) is 6.07 Å². The molecule has 13 heteroatoms. The quantitative estimate of drug-likeness (QED) is 0.194. The third kappa shape index (κ3) is 4.17. The van der Waals surface area contributed by atoms with Crippen LogP contribution in [0.1, 0.15) is 48.7 Å². The minimum absolute atomic E-state index is 0.198. The Bertz CT molecular complexity index is 1540. The normalized spacial score (nSPS) is 32.7. The number of phenolic OH excluding ortho intramolecular Hbond substituents is 1. The molecule has 0 bridgehead atoms. The number of nitrogens with zero attached hydrogens (tertiary/aromatic N) is 2. The maximum absolute atomic E-state index is 14.3. The number of carbonyl (C=O) groups is 6. The number of hydrogen-bond acceptors (Lipinski definition) is 12. The third-order valence-electron chi connectivity index (χ3n) is 8.32. The van der Waals surface area contributed by atoms with Gasteiger partial charge in [-0.2, -0.15) is 5.26 Å². The van der Waals surface area contributed by atoms with Crippen molar-refractivity contribution in [1.29, 1.82) is 5.26 Å². The van der Waals surface area contributed by atoms with Crippen LogP contribution in [0.2, 0.25) is 0 Å². The molecule has 4 rings (SSSR count). The lowest BCUT2D eigenvalue weighted by Crippen LogP contribution is -2.85. The molecular weight excluding hydrogens is 546 g/mol. The smallest absolute Gasteiger partial charge is 0.331 e. The van der Waals surface area contributed by atoms with E-state index in [9.17, 15) is 39.1 Å². The predicted molar refractivity (Wildman–Crippen MR) is 146 cm³/mol. The second kappa shape index (κ2) is 9.65. The van der Waals surface area contributed by atoms with Crippen molar-refractivity contribution in [2.24, 2.45) is 34.5 Å². The summed E-state index contributed by atoms with van der Waals surface area (Å²) in [6.45, 7) is 5.07. The number of nitriles is 1. The zero-order valence-corrected chi connectivity index (χ0v) is 23.9. The average molecular weight is 580 g/mol. The number of amides is 1. The number of benzene rings is 1. The number of carbonyl (C=O) groups excluding carboxylic acids is 6. The summed E-state index contributed by atoms with van der Waals surface area (Å²) in [5.41, 5.74) is 11.5. The predicted octanol–water partition coefficient (Wildman–Crippen LogP) is -0.837. The number of likely N-dealkylation sites (N-methyl/N-ethyl adjacent to an activating group) is 1. The van der Waals surface area contributed by atoms with Crippen LogP contribution in [-0.4, -0.2) is 81.8 Å². The Balaban J connectivity index is 1.93. The van der Waals surface area contributed by atoms with Crippen LogP contribution in [0.5, 0.6) is 5.75 Å². The summed E-state index contributed by atoms with van der Waals surface area (Å²) >= 11 is 0. The van der Waals surface area contributed by atoms with E-state index >= 15 is 0 Å². The molecule has 1 amide bonds. The molecule has 2 unspecified atom stereocenters. The summed E-state index contributed by atoms with van der Waals surface area (Å²) in [5, 5.41) is 21.1. The molecule has 0 radical (unpaired) electrons. The maximum atomic E-state index is 14.3. The second-order valence-electron chi connectivity index (χ2n) is 12.5. The zero-order valence-electron chi connectivity index (χ0n) is 23.9. The average Bonchev–Trinajstić information content (AvgIpc) is 2.81. The first-order valence-corrected chi connectivity index (χ1v) is 13.1. The topological polar surface area (TPSA) is 237 Å². The van der Waals surface area contributed by atoms with E-state index < -0.39 is 87.2 Å². The van der Waals surface area contributed by atoms with Gasteiger partial charge in [-0.25, -0.2) is 4.79 Å². The van der Waals surface area contributed by atoms with Crippen molar-refractivity contribution in [3.8, 4) is 11.8 Å². The lowest BCUT2D eigenvalue weighted by atomic mass is 9.42. The highest BCUT2D eigenvalue weighted by Gasteiger charge is 2.78. The van der Waals surface area contributed by atoms with Crippen molar-refractivity contribution in [3.05, 3.63) is 34.9 Å². The van der Waals surface area contributed by atoms with Crippen LogP contribution in [0.4, 0.5) is 0 Å². The van der Waals surface area contributed by atoms with Crippen LogP contribution in [0.15, 0.2) is 18.2 Å². The van der Waals surface area contributed by atoms with E-state index in [4.69, 9.17) is 21.9 Å². The summed E-state index contributed by atoms with van der Waals surface area (Å²) in [6.07, 6.45) is 1.72. The van der Waals surface area contributed by atoms with Gasteiger partial charge in [0.15, 0.2) is 34.5 Å². The first-order chi connectivity index (χ1) is 19.3. The SMILES string of the molecule is CN(C)[C@@H]1C(=O)C(C(N)=O)C(=O)[C@@]2(C#N)C(=O)C3C(=O)c4c(O)ccc(C=CC(=O)OC(C)(C)C)c4C[C@@]3(N)C[C@@]12N. The molecule has 42 heavy (non-hydrogen) atoms. The zero-order chi connectivity index (χ0) is 31.7. The van der Waals surface area contributed by atoms with E-state index in [0.29, 0.717) is 5.56 Å². The number of ether oxygens (including phenoxy) is 1. The number of Topliss-reactive ketones (excluding diaryl/α,β-unsaturated/α-hetero) is 4. The number of nitrogens with two attached hydrogens (primary N) is 3. The molecule has 2 saturated carbocycles. The highest BCUT2D eigenvalue weighted by Crippen LogP contribution is 2.56. The van der Waals surface area contributed by atoms with Gasteiger partial charge in [-0.15, -0.1) is 0 Å². The van der Waals surface area contributed by atoms with Crippen LogP contribution in [0.3, 0.4) is 0 Å². The molecule has 0 heterocycles. The molecule has 1 aromatic rings. The number of aromatic hydroxyl groups is 1. The molecule has 0 aliphatic heterocycles. The lowest BCUT2D eigenvalue weighted by molar-refractivity contribution is -0.166. The van der Waals surface area contributed by atoms with Crippen LogP contribution in [0, 0.1) is 28.6 Å². The van der Waals surface area contributed by atoms with Crippen LogP contribution >= 0.6 is 0 Å². The second-order valence-corrected chi connectivity index (χ2v) is 12.5. The maximum Gasteiger partial charge on any atom is 0.331 e. The van der Waals surface area contributed by atoms with E-state index in [-0.39, 0.29) is 17.5 Å². The number of primary amides is 1. The number of phenols is 1. The van der Waals surface area contributed by atoms with Crippen molar-refractivity contribution < 1.29 is 38.6 Å². The van der Waals surface area contributed by atoms with Crippen molar-refractivity contribution in [3.63, 3.8) is 0 Å². The standard InChI is InChI=1S/C29H33N5O8/c1-26(2,3)42-16(36)9-7-13-6-8-15(35)17-14(13)10-27(32)11-29(33)22(34(4)5)21(38)18(25(31)41)23(39)28(29,12-30)24(40)19(27)20(17)37/h6-9,18-19,22,35H,10-11,32-33H2,1-5H3,(H2,31,41)/t18?,19?,22-,27-,28+,29-/m1/s1. The molecule has 6 atom stereocenters. The van der Waals surface area contributed by atoms with Gasteiger partial charge in [0.1, 0.15) is 17.3 Å². The van der Waals surface area contributed by atoms with E-state index in [2.05, 4.69) is 0 Å². The highest BCUT2D eigenvalue weighted by molar-refractivity contribution is 6.33. The molecule has 2 fully saturated rings. The summed E-state index contributed by atoms with van der Waals surface area (Å²) < 4.78 is 5.28. The Kier molecular flexibility index (Phi) is 7.06. The van der Waals surface area contributed by atoms with E-state index in [0.717, 1.165) is 6.08 Å². The number of rotatable bonds is 4. The van der Waals surface area contributed by atoms with E-state index in [1.165, 1.54) is 37.2 Å². The highest BCUT2D eigenvalue weighted by atomic mass is 16.6. The Morgan fingerprint density at radius 1 is 1.14 bits per heavy atom. The van der Waals surface area contributed by atoms with Gasteiger partial charge in [0.05, 0.1) is 23.2 Å².